The minimum atomic E-state index is 0.829. The van der Waals surface area contributed by atoms with Crippen LogP contribution in [-0.2, 0) is 0 Å². The van der Waals surface area contributed by atoms with Gasteiger partial charge in [-0.2, -0.15) is 0 Å². The van der Waals surface area contributed by atoms with E-state index in [0.29, 0.717) is 0 Å². The van der Waals surface area contributed by atoms with E-state index in [9.17, 15) is 0 Å². The molecule has 0 unspecified atom stereocenters. The van der Waals surface area contributed by atoms with Crippen LogP contribution in [0.1, 0.15) is 25.5 Å². The van der Waals surface area contributed by atoms with Gasteiger partial charge in [-0.1, -0.05) is 13.0 Å². The molecular formula is C26H31ClN4OS. The lowest BCUT2D eigenvalue weighted by molar-refractivity contribution is 0.415. The molecule has 5 nitrogen and oxygen atoms in total. The molecule has 0 amide bonds. The van der Waals surface area contributed by atoms with Crippen LogP contribution in [0.2, 0.25) is 0 Å². The number of ether oxygens (including phenoxy) is 1. The molecule has 1 aromatic carbocycles. The van der Waals surface area contributed by atoms with Crippen LogP contribution in [0.5, 0.6) is 5.75 Å². The maximum atomic E-state index is 6.85. The zero-order valence-corrected chi connectivity index (χ0v) is 21.0. The summed E-state index contributed by atoms with van der Waals surface area (Å²) >= 11 is 8.48. The van der Waals surface area contributed by atoms with Crippen molar-refractivity contribution in [2.75, 3.05) is 30.4 Å². The average Bonchev–Trinajstić information content (AvgIpc) is 3.28. The highest BCUT2D eigenvalue weighted by atomic mass is 35.5. The quantitative estimate of drug-likeness (QED) is 0.302. The van der Waals surface area contributed by atoms with Gasteiger partial charge in [0.25, 0.3) is 0 Å². The minimum absolute atomic E-state index is 0.829. The molecule has 0 bridgehead atoms. The van der Waals surface area contributed by atoms with Gasteiger partial charge in [0.15, 0.2) is 0 Å². The number of benzene rings is 1. The SMILES string of the molecule is C=CCCN(CCC)c1cccnc(C)c(-c2csc(Nc3ccc(OC)cc3)c2)n(Cl)c1. The van der Waals surface area contributed by atoms with Crippen molar-refractivity contribution in [1.82, 2.24) is 9.07 Å². The molecule has 1 N–H and O–H groups in total. The second-order valence-corrected chi connectivity index (χ2v) is 8.83. The standard InChI is InChI=1S/C26H31ClN4OS/c1-5-7-16-30(15-6-2)23-9-8-14-28-20(3)26(31(27)18-23)21-17-25(33-19-21)29-22-10-12-24(32-4)13-11-22/h5,8-14,17-19,29H,1,6-7,15-16H2,2-4H3. The average molecular weight is 483 g/mol. The lowest BCUT2D eigenvalue weighted by Crippen LogP contribution is -2.24. The van der Waals surface area contributed by atoms with Crippen molar-refractivity contribution in [2.45, 2.75) is 26.7 Å². The topological polar surface area (TPSA) is 42.3 Å². The Morgan fingerprint density at radius 3 is 2.73 bits per heavy atom. The Hall–Kier alpha value is -2.96. The van der Waals surface area contributed by atoms with Crippen LogP contribution in [0.3, 0.4) is 0 Å². The first kappa shape index (κ1) is 24.7. The third kappa shape index (κ3) is 6.76. The second kappa shape index (κ2) is 12.3. The number of halogens is 1. The van der Waals surface area contributed by atoms with E-state index in [1.807, 2.05) is 55.7 Å². The summed E-state index contributed by atoms with van der Waals surface area (Å²) in [6, 6.07) is 14.0. The number of thiophene rings is 1. The van der Waals surface area contributed by atoms with E-state index in [1.165, 1.54) is 0 Å². The molecular weight excluding hydrogens is 452 g/mol. The Balaban J connectivity index is 1.97. The normalized spacial score (nSPS) is 10.4. The molecule has 7 heteroatoms. The van der Waals surface area contributed by atoms with E-state index in [-0.39, 0.29) is 0 Å². The zero-order chi connectivity index (χ0) is 23.6. The Labute approximate surface area is 205 Å². The number of aromatic nitrogens is 2. The van der Waals surface area contributed by atoms with Gasteiger partial charge in [0.1, 0.15) is 5.75 Å². The second-order valence-electron chi connectivity index (χ2n) is 7.55. The van der Waals surface area contributed by atoms with Crippen LogP contribution in [-0.4, -0.2) is 29.3 Å². The summed E-state index contributed by atoms with van der Waals surface area (Å²) in [6.07, 6.45) is 7.69. The summed E-state index contributed by atoms with van der Waals surface area (Å²) in [5.41, 5.74) is 4.74. The number of anilines is 3. The van der Waals surface area contributed by atoms with Crippen LogP contribution in [0.15, 0.2) is 72.9 Å². The van der Waals surface area contributed by atoms with Crippen LogP contribution in [0.4, 0.5) is 16.4 Å². The summed E-state index contributed by atoms with van der Waals surface area (Å²) in [6.45, 7) is 9.85. The molecule has 0 atom stereocenters. The van der Waals surface area contributed by atoms with E-state index in [0.717, 1.165) is 65.0 Å². The Kier molecular flexibility index (Phi) is 9.22. The number of rotatable bonds is 10. The number of hydrogen-bond acceptors (Lipinski definition) is 5. The smallest absolute Gasteiger partial charge is 0.119 e. The fourth-order valence-corrected chi connectivity index (χ4v) is 4.61. The molecule has 0 saturated carbocycles. The molecule has 0 aliphatic rings. The van der Waals surface area contributed by atoms with E-state index in [4.69, 9.17) is 16.5 Å². The first-order chi connectivity index (χ1) is 16.0. The highest BCUT2D eigenvalue weighted by Gasteiger charge is 2.11. The third-order valence-corrected chi connectivity index (χ3v) is 6.23. The summed E-state index contributed by atoms with van der Waals surface area (Å²) in [5.74, 6) is 0.829. The van der Waals surface area contributed by atoms with Crippen LogP contribution in [0.25, 0.3) is 11.3 Å². The maximum Gasteiger partial charge on any atom is 0.119 e. The van der Waals surface area contributed by atoms with Crippen molar-refractivity contribution < 1.29 is 4.74 Å². The molecule has 0 spiro atoms. The molecule has 0 saturated heterocycles. The lowest BCUT2D eigenvalue weighted by atomic mass is 10.2. The molecule has 174 valence electrons. The van der Waals surface area contributed by atoms with Gasteiger partial charge in [-0.3, -0.25) is 9.07 Å². The summed E-state index contributed by atoms with van der Waals surface area (Å²) < 4.78 is 6.90. The van der Waals surface area contributed by atoms with Crippen molar-refractivity contribution in [2.24, 2.45) is 0 Å². The largest absolute Gasteiger partial charge is 0.497 e. The monoisotopic (exact) mass is 482 g/mol. The maximum absolute atomic E-state index is 6.85. The minimum Gasteiger partial charge on any atom is -0.497 e. The van der Waals surface area contributed by atoms with Crippen molar-refractivity contribution in [1.29, 1.82) is 0 Å². The zero-order valence-electron chi connectivity index (χ0n) is 19.4. The number of hydrogen-bond donors (Lipinski definition) is 1. The molecule has 0 aliphatic heterocycles. The van der Waals surface area contributed by atoms with E-state index in [2.05, 4.69) is 46.2 Å². The van der Waals surface area contributed by atoms with Crippen LogP contribution in [0, 0.1) is 6.92 Å². The van der Waals surface area contributed by atoms with Crippen LogP contribution >= 0.6 is 23.1 Å². The third-order valence-electron chi connectivity index (χ3n) is 5.12. The predicted octanol–water partition coefficient (Wildman–Crippen LogP) is 7.59. The predicted molar refractivity (Wildman–Crippen MR) is 143 cm³/mol. The van der Waals surface area contributed by atoms with Crippen molar-refractivity contribution in [3.05, 3.63) is 78.6 Å². The fourth-order valence-electron chi connectivity index (χ4n) is 3.48. The van der Waals surface area contributed by atoms with E-state index >= 15 is 0 Å². The van der Waals surface area contributed by atoms with Gasteiger partial charge in [0.2, 0.25) is 0 Å². The lowest BCUT2D eigenvalue weighted by Gasteiger charge is -2.23. The van der Waals surface area contributed by atoms with Crippen LogP contribution < -0.4 is 15.0 Å². The van der Waals surface area contributed by atoms with Gasteiger partial charge in [-0.05, 0) is 62.2 Å². The fraction of sp³-hybridized carbons (Fsp3) is 0.269. The summed E-state index contributed by atoms with van der Waals surface area (Å²) in [4.78, 5) is 6.93. The van der Waals surface area contributed by atoms with Gasteiger partial charge in [-0.15, -0.1) is 17.9 Å². The Morgan fingerprint density at radius 1 is 1.24 bits per heavy atom. The number of methoxy groups -OCH3 is 1. The molecule has 2 aromatic heterocycles. The van der Waals surface area contributed by atoms with Gasteiger partial charge in [-0.25, -0.2) is 0 Å². The van der Waals surface area contributed by atoms with Gasteiger partial charge >= 0.3 is 0 Å². The molecule has 2 heterocycles. The highest BCUT2D eigenvalue weighted by Crippen LogP contribution is 2.33. The van der Waals surface area contributed by atoms with E-state index < -0.39 is 0 Å². The molecule has 3 rings (SSSR count). The van der Waals surface area contributed by atoms with Gasteiger partial charge < -0.3 is 15.0 Å². The van der Waals surface area contributed by atoms with Crippen molar-refractivity contribution >= 4 is 39.5 Å². The van der Waals surface area contributed by atoms with Crippen molar-refractivity contribution in [3.63, 3.8) is 0 Å². The van der Waals surface area contributed by atoms with E-state index in [1.54, 1.807) is 22.5 Å². The van der Waals surface area contributed by atoms with Gasteiger partial charge in [0.05, 0.1) is 29.2 Å². The number of aryl methyl sites for hydroxylation is 1. The summed E-state index contributed by atoms with van der Waals surface area (Å²) in [5, 5.41) is 6.56. The van der Waals surface area contributed by atoms with Crippen molar-refractivity contribution in [3.8, 4) is 17.0 Å². The Morgan fingerprint density at radius 2 is 2.03 bits per heavy atom. The number of nitrogens with zero attached hydrogens (tertiary/aromatic N) is 3. The molecule has 3 aromatic rings. The first-order valence-electron chi connectivity index (χ1n) is 11.0. The summed E-state index contributed by atoms with van der Waals surface area (Å²) in [7, 11) is 1.66. The Bertz CT molecular complexity index is 1110. The highest BCUT2D eigenvalue weighted by molar-refractivity contribution is 7.14. The molecule has 0 fully saturated rings. The molecule has 0 aliphatic carbocycles. The van der Waals surface area contributed by atoms with Gasteiger partial charge in [0, 0.05) is 53.9 Å². The molecule has 33 heavy (non-hydrogen) atoms. The number of nitrogens with one attached hydrogen (secondary N) is 1. The first-order valence-corrected chi connectivity index (χ1v) is 12.2. The molecule has 0 radical (unpaired) electrons.